The molecule has 0 aromatic heterocycles. The van der Waals surface area contributed by atoms with Crippen LogP contribution in [-0.4, -0.2) is 29.6 Å². The van der Waals surface area contributed by atoms with Gasteiger partial charge >= 0.3 is 0 Å². The van der Waals surface area contributed by atoms with Crippen molar-refractivity contribution in [3.63, 3.8) is 0 Å². The molecule has 1 heterocycles. The molecule has 14 heavy (non-hydrogen) atoms. The topological polar surface area (TPSA) is 29.3 Å². The Balaban J connectivity index is 1.80. The van der Waals surface area contributed by atoms with Crippen LogP contribution in [0.15, 0.2) is 0 Å². The van der Waals surface area contributed by atoms with Gasteiger partial charge in [0, 0.05) is 24.7 Å². The van der Waals surface area contributed by atoms with E-state index in [1.54, 1.807) is 0 Å². The van der Waals surface area contributed by atoms with Crippen molar-refractivity contribution in [2.24, 2.45) is 5.73 Å². The van der Waals surface area contributed by atoms with Gasteiger partial charge in [0.2, 0.25) is 0 Å². The fraction of sp³-hybridized carbons (Fsp3) is 1.00. The molecule has 0 amide bonds. The second kappa shape index (κ2) is 4.19. The van der Waals surface area contributed by atoms with Gasteiger partial charge in [0.25, 0.3) is 0 Å². The van der Waals surface area contributed by atoms with E-state index in [0.29, 0.717) is 0 Å². The molecule has 0 aromatic rings. The van der Waals surface area contributed by atoms with Crippen LogP contribution in [0.4, 0.5) is 0 Å². The molecule has 0 aromatic carbocycles. The monoisotopic (exact) mass is 196 g/mol. The van der Waals surface area contributed by atoms with E-state index >= 15 is 0 Å². The van der Waals surface area contributed by atoms with Crippen molar-refractivity contribution >= 4 is 0 Å². The third-order valence-corrected chi connectivity index (χ3v) is 4.08. The molecule has 2 N–H and O–H groups in total. The number of hydrogen-bond donors (Lipinski definition) is 1. The van der Waals surface area contributed by atoms with Gasteiger partial charge in [-0.3, -0.25) is 4.90 Å². The van der Waals surface area contributed by atoms with Crippen molar-refractivity contribution in [1.29, 1.82) is 0 Å². The number of hydrogen-bond acceptors (Lipinski definition) is 2. The van der Waals surface area contributed by atoms with Crippen LogP contribution in [0.5, 0.6) is 0 Å². The lowest BCUT2D eigenvalue weighted by Crippen LogP contribution is -2.69. The number of nitrogens with two attached hydrogens (primary N) is 1. The maximum Gasteiger partial charge on any atom is 0.0410 e. The molecule has 0 unspecified atom stereocenters. The van der Waals surface area contributed by atoms with Gasteiger partial charge in [-0.25, -0.2) is 0 Å². The van der Waals surface area contributed by atoms with Crippen molar-refractivity contribution in [3.8, 4) is 0 Å². The largest absolute Gasteiger partial charge is 0.323 e. The highest BCUT2D eigenvalue weighted by Gasteiger charge is 2.40. The van der Waals surface area contributed by atoms with Crippen LogP contribution in [0.25, 0.3) is 0 Å². The lowest BCUT2D eigenvalue weighted by atomic mass is 9.85. The number of likely N-dealkylation sites (tertiary alicyclic amines) is 1. The zero-order chi connectivity index (χ0) is 10.0. The highest BCUT2D eigenvalue weighted by Crippen LogP contribution is 2.30. The summed E-state index contributed by atoms with van der Waals surface area (Å²) in [7, 11) is 0. The van der Waals surface area contributed by atoms with Crippen LogP contribution >= 0.6 is 0 Å². The summed E-state index contributed by atoms with van der Waals surface area (Å²) in [6.07, 6.45) is 9.74. The fourth-order valence-corrected chi connectivity index (χ4v) is 2.87. The molecule has 0 radical (unpaired) electrons. The summed E-state index contributed by atoms with van der Waals surface area (Å²) >= 11 is 0. The predicted octanol–water partition coefficient (Wildman–Crippen LogP) is 2.13. The first-order valence-electron chi connectivity index (χ1n) is 6.26. The smallest absolute Gasteiger partial charge is 0.0410 e. The average Bonchev–Trinajstić information content (AvgIpc) is 2.41. The number of nitrogens with zero attached hydrogens (tertiary/aromatic N) is 1. The molecule has 1 aliphatic carbocycles. The normalized spacial score (nSPS) is 29.6. The van der Waals surface area contributed by atoms with Gasteiger partial charge in [0.05, 0.1) is 0 Å². The zero-order valence-electron chi connectivity index (χ0n) is 9.47. The molecule has 82 valence electrons. The molecule has 0 spiro atoms. The summed E-state index contributed by atoms with van der Waals surface area (Å²) in [4.78, 5) is 2.62. The van der Waals surface area contributed by atoms with Crippen LogP contribution in [0, 0.1) is 0 Å². The van der Waals surface area contributed by atoms with Crippen molar-refractivity contribution < 1.29 is 0 Å². The highest BCUT2D eigenvalue weighted by molar-refractivity contribution is 5.01. The van der Waals surface area contributed by atoms with Crippen LogP contribution in [0.3, 0.4) is 0 Å². The molecule has 2 rings (SSSR count). The van der Waals surface area contributed by atoms with Gasteiger partial charge in [0.1, 0.15) is 0 Å². The average molecular weight is 196 g/mol. The van der Waals surface area contributed by atoms with Gasteiger partial charge in [-0.1, -0.05) is 32.6 Å². The van der Waals surface area contributed by atoms with Crippen molar-refractivity contribution in [2.45, 2.75) is 63.5 Å². The second-order valence-electron chi connectivity index (χ2n) is 5.27. The molecule has 2 nitrogen and oxygen atoms in total. The first kappa shape index (κ1) is 10.4. The van der Waals surface area contributed by atoms with Crippen molar-refractivity contribution in [1.82, 2.24) is 4.90 Å². The van der Waals surface area contributed by atoms with Crippen molar-refractivity contribution in [2.75, 3.05) is 13.1 Å². The summed E-state index contributed by atoms with van der Waals surface area (Å²) in [5.41, 5.74) is 6.36. The van der Waals surface area contributed by atoms with Gasteiger partial charge in [-0.15, -0.1) is 0 Å². The Hall–Kier alpha value is -0.0800. The SMILES string of the molecule is CCC1(N)CN(C2CCCCCC2)C1. The Bertz CT molecular complexity index is 177. The van der Waals surface area contributed by atoms with E-state index in [0.717, 1.165) is 25.6 Å². The predicted molar refractivity (Wildman–Crippen MR) is 60.3 cm³/mol. The van der Waals surface area contributed by atoms with Crippen LogP contribution in [0.2, 0.25) is 0 Å². The molecule has 1 saturated heterocycles. The van der Waals surface area contributed by atoms with Gasteiger partial charge < -0.3 is 5.73 Å². The molecule has 2 aliphatic rings. The zero-order valence-corrected chi connectivity index (χ0v) is 9.47. The molecular weight excluding hydrogens is 172 g/mol. The summed E-state index contributed by atoms with van der Waals surface area (Å²) in [6, 6.07) is 0.862. The van der Waals surface area contributed by atoms with Gasteiger partial charge in [-0.2, -0.15) is 0 Å². The molecule has 0 bridgehead atoms. The van der Waals surface area contributed by atoms with Crippen molar-refractivity contribution in [3.05, 3.63) is 0 Å². The highest BCUT2D eigenvalue weighted by atomic mass is 15.3. The maximum atomic E-state index is 6.20. The Morgan fingerprint density at radius 2 is 1.71 bits per heavy atom. The Labute approximate surface area is 87.8 Å². The van der Waals surface area contributed by atoms with Crippen LogP contribution in [0.1, 0.15) is 51.9 Å². The minimum atomic E-state index is 0.159. The third kappa shape index (κ3) is 2.12. The van der Waals surface area contributed by atoms with E-state index in [-0.39, 0.29) is 5.54 Å². The molecule has 0 atom stereocenters. The minimum Gasteiger partial charge on any atom is -0.323 e. The molecule has 2 heteroatoms. The fourth-order valence-electron chi connectivity index (χ4n) is 2.87. The second-order valence-corrected chi connectivity index (χ2v) is 5.27. The van der Waals surface area contributed by atoms with E-state index in [9.17, 15) is 0 Å². The Morgan fingerprint density at radius 3 is 2.21 bits per heavy atom. The van der Waals surface area contributed by atoms with E-state index in [1.165, 1.54) is 38.5 Å². The lowest BCUT2D eigenvalue weighted by molar-refractivity contribution is 0.0209. The number of rotatable bonds is 2. The molecule has 1 saturated carbocycles. The molecular formula is C12H24N2. The van der Waals surface area contributed by atoms with E-state index < -0.39 is 0 Å². The summed E-state index contributed by atoms with van der Waals surface area (Å²) in [6.45, 7) is 4.51. The molecule has 2 fully saturated rings. The first-order valence-corrected chi connectivity index (χ1v) is 6.26. The van der Waals surface area contributed by atoms with E-state index in [2.05, 4.69) is 11.8 Å². The standard InChI is InChI=1S/C12H24N2/c1-2-12(13)9-14(10-12)11-7-5-3-4-6-8-11/h11H,2-10,13H2,1H3. The summed E-state index contributed by atoms with van der Waals surface area (Å²) in [5, 5.41) is 0. The summed E-state index contributed by atoms with van der Waals surface area (Å²) in [5.74, 6) is 0. The summed E-state index contributed by atoms with van der Waals surface area (Å²) < 4.78 is 0. The van der Waals surface area contributed by atoms with Crippen LogP contribution in [-0.2, 0) is 0 Å². The van der Waals surface area contributed by atoms with E-state index in [4.69, 9.17) is 5.73 Å². The quantitative estimate of drug-likeness (QED) is 0.686. The van der Waals surface area contributed by atoms with Crippen LogP contribution < -0.4 is 5.73 Å². The lowest BCUT2D eigenvalue weighted by Gasteiger charge is -2.51. The Morgan fingerprint density at radius 1 is 1.14 bits per heavy atom. The third-order valence-electron chi connectivity index (χ3n) is 4.08. The minimum absolute atomic E-state index is 0.159. The van der Waals surface area contributed by atoms with E-state index in [1.807, 2.05) is 0 Å². The maximum absolute atomic E-state index is 6.20. The Kier molecular flexibility index (Phi) is 3.13. The molecule has 1 aliphatic heterocycles. The first-order chi connectivity index (χ1) is 6.73. The van der Waals surface area contributed by atoms with Gasteiger partial charge in [-0.05, 0) is 19.3 Å². The van der Waals surface area contributed by atoms with Gasteiger partial charge in [0.15, 0.2) is 0 Å².